The quantitative estimate of drug-likeness (QED) is 0.918. The van der Waals surface area contributed by atoms with Gasteiger partial charge in [-0.3, -0.25) is 0 Å². The van der Waals surface area contributed by atoms with E-state index in [-0.39, 0.29) is 0 Å². The third-order valence-corrected chi connectivity index (χ3v) is 4.94. The highest BCUT2D eigenvalue weighted by atomic mass is 16.5. The third-order valence-electron chi connectivity index (χ3n) is 4.94. The topological polar surface area (TPSA) is 24.5 Å². The Morgan fingerprint density at radius 3 is 2.95 bits per heavy atom. The molecule has 116 valence electrons. The van der Waals surface area contributed by atoms with Crippen LogP contribution in [0.4, 0.5) is 5.69 Å². The van der Waals surface area contributed by atoms with E-state index in [2.05, 4.69) is 41.4 Å². The highest BCUT2D eigenvalue weighted by Crippen LogP contribution is 2.30. The van der Waals surface area contributed by atoms with Crippen molar-refractivity contribution < 1.29 is 4.74 Å². The number of benzene rings is 1. The van der Waals surface area contributed by atoms with Gasteiger partial charge in [-0.1, -0.05) is 31.9 Å². The average Bonchev–Trinajstić information content (AvgIpc) is 2.72. The summed E-state index contributed by atoms with van der Waals surface area (Å²) in [5, 5.41) is 3.79. The van der Waals surface area contributed by atoms with Crippen LogP contribution in [-0.4, -0.2) is 32.3 Å². The van der Waals surface area contributed by atoms with Crippen LogP contribution in [0.1, 0.15) is 39.0 Å². The number of ether oxygens (including phenoxy) is 1. The van der Waals surface area contributed by atoms with Gasteiger partial charge < -0.3 is 15.0 Å². The Morgan fingerprint density at radius 1 is 1.19 bits per heavy atom. The molecule has 2 aliphatic rings. The zero-order valence-electron chi connectivity index (χ0n) is 13.2. The van der Waals surface area contributed by atoms with Crippen LogP contribution in [0.15, 0.2) is 24.3 Å². The van der Waals surface area contributed by atoms with Gasteiger partial charge in [0.15, 0.2) is 0 Å². The van der Waals surface area contributed by atoms with Crippen LogP contribution in [0.25, 0.3) is 0 Å². The molecule has 0 amide bonds. The summed E-state index contributed by atoms with van der Waals surface area (Å²) in [7, 11) is 0. The molecule has 1 aliphatic heterocycles. The Balaban J connectivity index is 1.55. The van der Waals surface area contributed by atoms with E-state index in [9.17, 15) is 0 Å². The molecule has 1 saturated carbocycles. The predicted molar refractivity (Wildman–Crippen MR) is 88.2 cm³/mol. The largest absolute Gasteiger partial charge is 0.491 e. The van der Waals surface area contributed by atoms with Crippen LogP contribution < -0.4 is 15.0 Å². The molecule has 0 bridgehead atoms. The van der Waals surface area contributed by atoms with Gasteiger partial charge >= 0.3 is 0 Å². The number of rotatable bonds is 4. The summed E-state index contributed by atoms with van der Waals surface area (Å²) in [4.78, 5) is 2.48. The van der Waals surface area contributed by atoms with Gasteiger partial charge in [-0.2, -0.15) is 0 Å². The Kier molecular flexibility index (Phi) is 5.02. The van der Waals surface area contributed by atoms with Crippen molar-refractivity contribution in [1.29, 1.82) is 0 Å². The molecule has 0 spiro atoms. The molecule has 1 N–H and O–H groups in total. The summed E-state index contributed by atoms with van der Waals surface area (Å²) in [6.45, 7) is 6.47. The van der Waals surface area contributed by atoms with Gasteiger partial charge in [-0.05, 0) is 37.3 Å². The van der Waals surface area contributed by atoms with Crippen molar-refractivity contribution in [2.45, 2.75) is 45.1 Å². The molecule has 1 aromatic rings. The molecule has 1 aliphatic carbocycles. The van der Waals surface area contributed by atoms with E-state index in [0.29, 0.717) is 0 Å². The zero-order valence-corrected chi connectivity index (χ0v) is 13.2. The van der Waals surface area contributed by atoms with Crippen LogP contribution >= 0.6 is 0 Å². The van der Waals surface area contributed by atoms with Gasteiger partial charge in [0.2, 0.25) is 0 Å². The normalized spacial score (nSPS) is 25.9. The average molecular weight is 288 g/mol. The first kappa shape index (κ1) is 14.7. The van der Waals surface area contributed by atoms with E-state index >= 15 is 0 Å². The summed E-state index contributed by atoms with van der Waals surface area (Å²) in [6, 6.07) is 9.16. The van der Waals surface area contributed by atoms with Crippen molar-refractivity contribution in [3.63, 3.8) is 0 Å². The first-order valence-electron chi connectivity index (χ1n) is 8.55. The molecular weight excluding hydrogens is 260 g/mol. The zero-order chi connectivity index (χ0) is 14.5. The first-order valence-corrected chi connectivity index (χ1v) is 8.55. The number of anilines is 1. The second-order valence-electron chi connectivity index (χ2n) is 6.48. The Morgan fingerprint density at radius 2 is 2.05 bits per heavy atom. The molecule has 1 fully saturated rings. The van der Waals surface area contributed by atoms with Crippen molar-refractivity contribution in [2.75, 3.05) is 31.1 Å². The van der Waals surface area contributed by atoms with Crippen LogP contribution in [0.5, 0.6) is 5.75 Å². The molecule has 1 heterocycles. The van der Waals surface area contributed by atoms with Gasteiger partial charge in [0.05, 0.1) is 12.3 Å². The van der Waals surface area contributed by atoms with E-state index in [1.165, 1.54) is 31.4 Å². The lowest BCUT2D eigenvalue weighted by molar-refractivity contribution is 0.282. The standard InChI is InChI=1S/C18H28N2O/c1-15-7-2-3-8-16(15)19-11-13-20-12-6-14-21-18-10-5-4-9-17(18)20/h4-5,9-10,15-16,19H,2-3,6-8,11-14H2,1H3. The van der Waals surface area contributed by atoms with Crippen LogP contribution in [0, 0.1) is 5.92 Å². The van der Waals surface area contributed by atoms with Gasteiger partial charge in [0, 0.05) is 25.7 Å². The number of para-hydroxylation sites is 2. The number of hydrogen-bond donors (Lipinski definition) is 1. The maximum Gasteiger partial charge on any atom is 0.142 e. The van der Waals surface area contributed by atoms with Gasteiger partial charge in [0.1, 0.15) is 5.75 Å². The van der Waals surface area contributed by atoms with Crippen molar-refractivity contribution in [3.05, 3.63) is 24.3 Å². The molecule has 0 aromatic heterocycles. The molecule has 1 aromatic carbocycles. The van der Waals surface area contributed by atoms with Crippen LogP contribution in [0.2, 0.25) is 0 Å². The van der Waals surface area contributed by atoms with E-state index in [1.807, 2.05) is 0 Å². The molecular formula is C18H28N2O. The summed E-state index contributed by atoms with van der Waals surface area (Å²) in [6.07, 6.45) is 6.64. The minimum atomic E-state index is 0.720. The van der Waals surface area contributed by atoms with Crippen molar-refractivity contribution in [2.24, 2.45) is 5.92 Å². The Hall–Kier alpha value is -1.22. The number of fused-ring (bicyclic) bond motifs is 1. The lowest BCUT2D eigenvalue weighted by Gasteiger charge is -2.31. The number of nitrogens with zero attached hydrogens (tertiary/aromatic N) is 1. The fourth-order valence-electron chi connectivity index (χ4n) is 3.64. The minimum absolute atomic E-state index is 0.720. The highest BCUT2D eigenvalue weighted by molar-refractivity contribution is 5.58. The van der Waals surface area contributed by atoms with Gasteiger partial charge in [0.25, 0.3) is 0 Å². The van der Waals surface area contributed by atoms with Gasteiger partial charge in [-0.15, -0.1) is 0 Å². The lowest BCUT2D eigenvalue weighted by Crippen LogP contribution is -2.41. The number of nitrogens with one attached hydrogen (secondary N) is 1. The van der Waals surface area contributed by atoms with E-state index < -0.39 is 0 Å². The van der Waals surface area contributed by atoms with E-state index in [1.54, 1.807) is 0 Å². The fraction of sp³-hybridized carbons (Fsp3) is 0.667. The van der Waals surface area contributed by atoms with Crippen molar-refractivity contribution in [3.8, 4) is 5.75 Å². The van der Waals surface area contributed by atoms with E-state index in [4.69, 9.17) is 4.74 Å². The molecule has 3 rings (SSSR count). The Labute approximate surface area is 128 Å². The maximum absolute atomic E-state index is 5.83. The predicted octanol–water partition coefficient (Wildman–Crippen LogP) is 3.44. The number of hydrogen-bond acceptors (Lipinski definition) is 3. The molecule has 3 heteroatoms. The smallest absolute Gasteiger partial charge is 0.142 e. The first-order chi connectivity index (χ1) is 10.3. The maximum atomic E-state index is 5.83. The van der Waals surface area contributed by atoms with Crippen LogP contribution in [0.3, 0.4) is 0 Å². The third kappa shape index (κ3) is 3.70. The van der Waals surface area contributed by atoms with Crippen molar-refractivity contribution >= 4 is 5.69 Å². The van der Waals surface area contributed by atoms with E-state index in [0.717, 1.165) is 50.4 Å². The van der Waals surface area contributed by atoms with Crippen molar-refractivity contribution in [1.82, 2.24) is 5.32 Å². The summed E-state index contributed by atoms with van der Waals surface area (Å²) >= 11 is 0. The second kappa shape index (κ2) is 7.17. The molecule has 21 heavy (non-hydrogen) atoms. The summed E-state index contributed by atoms with van der Waals surface area (Å²) < 4.78 is 5.83. The SMILES string of the molecule is CC1CCCCC1NCCN1CCCOc2ccccc21. The molecule has 2 unspecified atom stereocenters. The summed E-state index contributed by atoms with van der Waals surface area (Å²) in [5.41, 5.74) is 1.26. The molecule has 0 saturated heterocycles. The molecule has 0 radical (unpaired) electrons. The molecule has 3 nitrogen and oxygen atoms in total. The molecule has 2 atom stereocenters. The minimum Gasteiger partial charge on any atom is -0.491 e. The second-order valence-corrected chi connectivity index (χ2v) is 6.48. The van der Waals surface area contributed by atoms with Gasteiger partial charge in [-0.25, -0.2) is 0 Å². The van der Waals surface area contributed by atoms with Crippen LogP contribution in [-0.2, 0) is 0 Å². The Bertz CT molecular complexity index is 449. The summed E-state index contributed by atoms with van der Waals surface area (Å²) in [5.74, 6) is 1.87. The highest BCUT2D eigenvalue weighted by Gasteiger charge is 2.21. The monoisotopic (exact) mass is 288 g/mol. The lowest BCUT2D eigenvalue weighted by atomic mass is 9.86. The fourth-order valence-corrected chi connectivity index (χ4v) is 3.64.